The third-order valence-corrected chi connectivity index (χ3v) is 5.54. The van der Waals surface area contributed by atoms with Crippen molar-refractivity contribution in [2.75, 3.05) is 7.11 Å². The Morgan fingerprint density at radius 2 is 1.66 bits per heavy atom. The van der Waals surface area contributed by atoms with Crippen LogP contribution in [0.3, 0.4) is 0 Å². The highest BCUT2D eigenvalue weighted by Crippen LogP contribution is 2.32. The second kappa shape index (κ2) is 11.4. The van der Waals surface area contributed by atoms with Gasteiger partial charge in [-0.1, -0.05) is 85.8 Å². The highest BCUT2D eigenvalue weighted by Gasteiger charge is 2.37. The van der Waals surface area contributed by atoms with E-state index in [4.69, 9.17) is 4.74 Å². The van der Waals surface area contributed by atoms with Gasteiger partial charge in [0.1, 0.15) is 0 Å². The Balaban J connectivity index is 2.53. The van der Waals surface area contributed by atoms with Crippen LogP contribution in [0.5, 0.6) is 0 Å². The molecule has 3 nitrogen and oxygen atoms in total. The highest BCUT2D eigenvalue weighted by molar-refractivity contribution is 5.74. The lowest BCUT2D eigenvalue weighted by atomic mass is 9.84. The zero-order chi connectivity index (χ0) is 21.2. The molecule has 4 atom stereocenters. The molecule has 0 aliphatic heterocycles. The largest absolute Gasteiger partial charge is 0.469 e. The van der Waals surface area contributed by atoms with Crippen molar-refractivity contribution < 1.29 is 9.53 Å². The molecular weight excluding hydrogens is 358 g/mol. The summed E-state index contributed by atoms with van der Waals surface area (Å²) in [4.78, 5) is 15.2. The molecule has 0 radical (unpaired) electrons. The van der Waals surface area contributed by atoms with Crippen LogP contribution in [-0.4, -0.2) is 24.0 Å². The van der Waals surface area contributed by atoms with Crippen LogP contribution in [0.4, 0.5) is 0 Å². The lowest BCUT2D eigenvalue weighted by Crippen LogP contribution is -2.46. The van der Waals surface area contributed by atoms with Gasteiger partial charge in [0.2, 0.25) is 0 Å². The van der Waals surface area contributed by atoms with Crippen LogP contribution in [0, 0.1) is 11.8 Å². The van der Waals surface area contributed by atoms with Gasteiger partial charge in [0.05, 0.1) is 13.0 Å². The number of nitrogens with zero attached hydrogens (tertiary/aromatic N) is 1. The number of benzene rings is 2. The monoisotopic (exact) mass is 391 g/mol. The molecule has 0 fully saturated rings. The minimum absolute atomic E-state index is 0.0232. The molecule has 154 valence electrons. The van der Waals surface area contributed by atoms with E-state index in [-0.39, 0.29) is 29.9 Å². The quantitative estimate of drug-likeness (QED) is 0.378. The van der Waals surface area contributed by atoms with Gasteiger partial charge >= 0.3 is 5.97 Å². The molecule has 0 amide bonds. The molecule has 0 saturated heterocycles. The van der Waals surface area contributed by atoms with Crippen LogP contribution >= 0.6 is 0 Å². The second-order valence-electron chi connectivity index (χ2n) is 7.40. The van der Waals surface area contributed by atoms with Crippen LogP contribution < -0.4 is 0 Å². The Bertz CT molecular complexity index is 785. The zero-order valence-corrected chi connectivity index (χ0v) is 18.0. The van der Waals surface area contributed by atoms with Crippen LogP contribution in [0.15, 0.2) is 85.5 Å². The fraction of sp³-hybridized carbons (Fsp3) is 0.346. The van der Waals surface area contributed by atoms with E-state index in [1.807, 2.05) is 38.1 Å². The lowest BCUT2D eigenvalue weighted by molar-refractivity contribution is -0.149. The summed E-state index contributed by atoms with van der Waals surface area (Å²) >= 11 is 0. The summed E-state index contributed by atoms with van der Waals surface area (Å²) < 4.78 is 5.20. The van der Waals surface area contributed by atoms with Gasteiger partial charge in [-0.25, -0.2) is 0 Å². The molecule has 2 rings (SSSR count). The number of allylic oxidation sites excluding steroid dienone is 2. The number of carbonyl (C=O) groups excluding carboxylic acids is 1. The smallest absolute Gasteiger partial charge is 0.311 e. The number of hydrogen-bond donors (Lipinski definition) is 0. The summed E-state index contributed by atoms with van der Waals surface area (Å²) in [7, 11) is 1.46. The van der Waals surface area contributed by atoms with Crippen molar-refractivity contribution in [1.82, 2.24) is 4.90 Å². The number of ether oxygens (including phenoxy) is 1. The molecule has 0 aromatic heterocycles. The average molecular weight is 392 g/mol. The standard InChI is InChI=1S/C26H33NO2/c1-6-14-24(25(20(3)7-2)26(28)29-5)27(19-22-15-10-8-11-16-22)21(4)23-17-12-9-13-18-23/h6-18,20-21,24-25H,2,19H2,1,3-5H3/b14-6+/t20-,21-,24-,25-/m0/s1. The zero-order valence-electron chi connectivity index (χ0n) is 18.0. The van der Waals surface area contributed by atoms with Crippen molar-refractivity contribution in [3.05, 3.63) is 96.6 Å². The Labute approximate surface area is 175 Å². The molecule has 0 aliphatic carbocycles. The molecule has 29 heavy (non-hydrogen) atoms. The van der Waals surface area contributed by atoms with Crippen LogP contribution in [0.25, 0.3) is 0 Å². The number of rotatable bonds is 10. The van der Waals surface area contributed by atoms with Crippen molar-refractivity contribution in [1.29, 1.82) is 0 Å². The molecule has 2 aromatic carbocycles. The van der Waals surface area contributed by atoms with Gasteiger partial charge < -0.3 is 4.74 Å². The second-order valence-corrected chi connectivity index (χ2v) is 7.40. The first-order chi connectivity index (χ1) is 14.0. The van der Waals surface area contributed by atoms with Gasteiger partial charge in [-0.15, -0.1) is 6.58 Å². The SMILES string of the molecule is C=C[C@H](C)[C@H](C(=O)OC)[C@H](/C=C/C)N(Cc1ccccc1)[C@@H](C)c1ccccc1. The van der Waals surface area contributed by atoms with Gasteiger partial charge in [0.15, 0.2) is 0 Å². The summed E-state index contributed by atoms with van der Waals surface area (Å²) in [6, 6.07) is 20.8. The van der Waals surface area contributed by atoms with Gasteiger partial charge in [-0.3, -0.25) is 9.69 Å². The predicted octanol–water partition coefficient (Wildman–Crippen LogP) is 5.81. The first kappa shape index (κ1) is 22.6. The van der Waals surface area contributed by atoms with E-state index >= 15 is 0 Å². The lowest BCUT2D eigenvalue weighted by Gasteiger charge is -2.40. The minimum Gasteiger partial charge on any atom is -0.469 e. The van der Waals surface area contributed by atoms with Crippen molar-refractivity contribution >= 4 is 5.97 Å². The molecule has 0 heterocycles. The maximum absolute atomic E-state index is 12.8. The normalized spacial score (nSPS) is 15.6. The Morgan fingerprint density at radius 1 is 1.07 bits per heavy atom. The van der Waals surface area contributed by atoms with Crippen molar-refractivity contribution in [2.24, 2.45) is 11.8 Å². The predicted molar refractivity (Wildman–Crippen MR) is 120 cm³/mol. The molecule has 0 saturated carbocycles. The fourth-order valence-corrected chi connectivity index (χ4v) is 3.80. The van der Waals surface area contributed by atoms with Gasteiger partial charge in [0, 0.05) is 18.6 Å². The maximum atomic E-state index is 12.8. The van der Waals surface area contributed by atoms with Gasteiger partial charge in [-0.05, 0) is 30.9 Å². The first-order valence-corrected chi connectivity index (χ1v) is 10.2. The van der Waals surface area contributed by atoms with E-state index in [1.165, 1.54) is 18.2 Å². The third kappa shape index (κ3) is 5.91. The number of methoxy groups -OCH3 is 1. The summed E-state index contributed by atoms with van der Waals surface area (Å²) in [6.07, 6.45) is 5.97. The van der Waals surface area contributed by atoms with Crippen molar-refractivity contribution in [3.63, 3.8) is 0 Å². The molecule has 0 aliphatic rings. The van der Waals surface area contributed by atoms with E-state index in [2.05, 4.69) is 73.0 Å². The first-order valence-electron chi connectivity index (χ1n) is 10.2. The average Bonchev–Trinajstić information content (AvgIpc) is 2.77. The highest BCUT2D eigenvalue weighted by atomic mass is 16.5. The number of carbonyl (C=O) groups is 1. The van der Waals surface area contributed by atoms with E-state index in [1.54, 1.807) is 0 Å². The summed E-state index contributed by atoms with van der Waals surface area (Å²) in [5, 5.41) is 0. The fourth-order valence-electron chi connectivity index (χ4n) is 3.80. The van der Waals surface area contributed by atoms with E-state index in [0.717, 1.165) is 6.54 Å². The molecule has 3 heteroatoms. The molecule has 0 bridgehead atoms. The van der Waals surface area contributed by atoms with Crippen LogP contribution in [0.2, 0.25) is 0 Å². The molecule has 0 unspecified atom stereocenters. The van der Waals surface area contributed by atoms with E-state index in [0.29, 0.717) is 0 Å². The number of hydrogen-bond acceptors (Lipinski definition) is 3. The molecular formula is C26H33NO2. The van der Waals surface area contributed by atoms with Crippen LogP contribution in [-0.2, 0) is 16.1 Å². The third-order valence-electron chi connectivity index (χ3n) is 5.54. The van der Waals surface area contributed by atoms with Crippen molar-refractivity contribution in [3.8, 4) is 0 Å². The van der Waals surface area contributed by atoms with E-state index in [9.17, 15) is 4.79 Å². The Hall–Kier alpha value is -2.65. The summed E-state index contributed by atoms with van der Waals surface area (Å²) in [6.45, 7) is 10.9. The Morgan fingerprint density at radius 3 is 2.17 bits per heavy atom. The molecule has 0 spiro atoms. The van der Waals surface area contributed by atoms with Crippen LogP contribution in [0.1, 0.15) is 37.9 Å². The maximum Gasteiger partial charge on any atom is 0.311 e. The van der Waals surface area contributed by atoms with E-state index < -0.39 is 0 Å². The van der Waals surface area contributed by atoms with Crippen molar-refractivity contribution in [2.45, 2.75) is 39.4 Å². The molecule has 0 N–H and O–H groups in total. The minimum atomic E-state index is -0.344. The summed E-state index contributed by atoms with van der Waals surface area (Å²) in [5.74, 6) is -0.577. The van der Waals surface area contributed by atoms with Gasteiger partial charge in [-0.2, -0.15) is 0 Å². The Kier molecular flexibility index (Phi) is 8.88. The summed E-state index contributed by atoms with van der Waals surface area (Å²) in [5.41, 5.74) is 2.42. The molecule has 2 aromatic rings. The topological polar surface area (TPSA) is 29.5 Å². The van der Waals surface area contributed by atoms with Gasteiger partial charge in [0.25, 0.3) is 0 Å². The number of esters is 1.